The molecule has 5 heteroatoms. The number of nitrogens with zero attached hydrogens (tertiary/aromatic N) is 3. The number of carbonyl (C=O) groups is 1. The van der Waals surface area contributed by atoms with Crippen LogP contribution in [-0.4, -0.2) is 46.9 Å². The van der Waals surface area contributed by atoms with Gasteiger partial charge in [0.15, 0.2) is 0 Å². The number of pyridine rings is 1. The third-order valence-electron chi connectivity index (χ3n) is 4.55. The van der Waals surface area contributed by atoms with Crippen LogP contribution in [0.2, 0.25) is 0 Å². The van der Waals surface area contributed by atoms with Crippen molar-refractivity contribution in [3.05, 3.63) is 53.2 Å². The first-order valence-electron chi connectivity index (χ1n) is 8.55. The van der Waals surface area contributed by atoms with E-state index in [1.165, 1.54) is 5.56 Å². The normalized spacial score (nSPS) is 15.9. The zero-order valence-electron chi connectivity index (χ0n) is 14.7. The fourth-order valence-corrected chi connectivity index (χ4v) is 3.03. The Bertz CT molecular complexity index is 686. The van der Waals surface area contributed by atoms with Crippen LogP contribution in [-0.2, 0) is 6.54 Å². The van der Waals surface area contributed by atoms with Crippen LogP contribution in [0.5, 0.6) is 0 Å². The summed E-state index contributed by atoms with van der Waals surface area (Å²) in [4.78, 5) is 21.1. The van der Waals surface area contributed by atoms with Crippen molar-refractivity contribution in [1.29, 1.82) is 0 Å². The van der Waals surface area contributed by atoms with Crippen LogP contribution in [0.4, 0.5) is 0 Å². The number of piperazine rings is 1. The molecular weight excluding hydrogens is 302 g/mol. The van der Waals surface area contributed by atoms with Gasteiger partial charge in [-0.15, -0.1) is 0 Å². The summed E-state index contributed by atoms with van der Waals surface area (Å²) in [6.45, 7) is 10.2. The Morgan fingerprint density at radius 3 is 2.46 bits per heavy atom. The summed E-state index contributed by atoms with van der Waals surface area (Å²) in [5, 5.41) is 0. The summed E-state index contributed by atoms with van der Waals surface area (Å²) in [7, 11) is 0. The zero-order chi connectivity index (χ0) is 17.1. The molecule has 24 heavy (non-hydrogen) atoms. The van der Waals surface area contributed by atoms with E-state index in [2.05, 4.69) is 23.7 Å². The van der Waals surface area contributed by atoms with Crippen molar-refractivity contribution >= 4 is 5.91 Å². The molecule has 0 unspecified atom stereocenters. The van der Waals surface area contributed by atoms with Crippen molar-refractivity contribution in [3.8, 4) is 0 Å². The molecule has 0 aromatic carbocycles. The largest absolute Gasteiger partial charge is 0.465 e. The number of hydrogen-bond donors (Lipinski definition) is 0. The van der Waals surface area contributed by atoms with Gasteiger partial charge in [0, 0.05) is 51.0 Å². The second-order valence-electron chi connectivity index (χ2n) is 6.70. The number of hydrogen-bond acceptors (Lipinski definition) is 4. The lowest BCUT2D eigenvalue weighted by molar-refractivity contribution is 0.0627. The second-order valence-corrected chi connectivity index (χ2v) is 6.70. The molecule has 3 heterocycles. The Morgan fingerprint density at radius 1 is 1.21 bits per heavy atom. The number of furan rings is 1. The summed E-state index contributed by atoms with van der Waals surface area (Å²) in [6.07, 6.45) is 3.65. The third-order valence-corrected chi connectivity index (χ3v) is 4.55. The first-order chi connectivity index (χ1) is 11.5. The monoisotopic (exact) mass is 327 g/mol. The minimum absolute atomic E-state index is 0.0895. The fourth-order valence-electron chi connectivity index (χ4n) is 3.03. The maximum atomic E-state index is 12.8. The number of amides is 1. The summed E-state index contributed by atoms with van der Waals surface area (Å²) < 4.78 is 5.72. The highest BCUT2D eigenvalue weighted by Gasteiger charge is 2.25. The minimum atomic E-state index is 0.0895. The molecule has 0 aliphatic carbocycles. The average Bonchev–Trinajstić information content (AvgIpc) is 2.98. The number of carbonyl (C=O) groups excluding carboxylic acids is 1. The Hall–Kier alpha value is -2.14. The van der Waals surface area contributed by atoms with Crippen LogP contribution in [0.1, 0.15) is 47.2 Å². The Labute approximate surface area is 143 Å². The molecule has 0 atom stereocenters. The van der Waals surface area contributed by atoms with Crippen LogP contribution < -0.4 is 0 Å². The molecule has 0 bridgehead atoms. The number of aromatic nitrogens is 1. The minimum Gasteiger partial charge on any atom is -0.465 e. The van der Waals surface area contributed by atoms with Gasteiger partial charge in [-0.3, -0.25) is 14.7 Å². The van der Waals surface area contributed by atoms with E-state index in [0.29, 0.717) is 11.5 Å². The molecule has 0 saturated carbocycles. The van der Waals surface area contributed by atoms with Crippen LogP contribution in [0.15, 0.2) is 35.0 Å². The third kappa shape index (κ3) is 3.67. The van der Waals surface area contributed by atoms with Gasteiger partial charge in [-0.2, -0.15) is 0 Å². The molecule has 1 aliphatic rings. The van der Waals surface area contributed by atoms with E-state index in [0.717, 1.165) is 44.2 Å². The zero-order valence-corrected chi connectivity index (χ0v) is 14.7. The van der Waals surface area contributed by atoms with Crippen LogP contribution in [0.25, 0.3) is 0 Å². The second kappa shape index (κ2) is 7.18. The molecule has 2 aromatic heterocycles. The number of aryl methyl sites for hydroxylation is 1. The maximum Gasteiger partial charge on any atom is 0.257 e. The summed E-state index contributed by atoms with van der Waals surface area (Å²) in [6, 6.07) is 5.99. The van der Waals surface area contributed by atoms with Crippen molar-refractivity contribution in [3.63, 3.8) is 0 Å². The summed E-state index contributed by atoms with van der Waals surface area (Å²) >= 11 is 0. The van der Waals surface area contributed by atoms with Gasteiger partial charge in [-0.1, -0.05) is 13.8 Å². The lowest BCUT2D eigenvalue weighted by Gasteiger charge is -2.34. The van der Waals surface area contributed by atoms with Crippen LogP contribution >= 0.6 is 0 Å². The molecule has 128 valence electrons. The van der Waals surface area contributed by atoms with Crippen molar-refractivity contribution in [1.82, 2.24) is 14.8 Å². The van der Waals surface area contributed by atoms with E-state index in [9.17, 15) is 4.79 Å². The molecule has 1 saturated heterocycles. The van der Waals surface area contributed by atoms with E-state index in [-0.39, 0.29) is 5.91 Å². The van der Waals surface area contributed by atoms with E-state index >= 15 is 0 Å². The van der Waals surface area contributed by atoms with E-state index < -0.39 is 0 Å². The number of rotatable bonds is 4. The van der Waals surface area contributed by atoms with Gasteiger partial charge in [0.2, 0.25) is 0 Å². The molecule has 0 N–H and O–H groups in total. The molecule has 2 aromatic rings. The molecule has 0 radical (unpaired) electrons. The van der Waals surface area contributed by atoms with Crippen molar-refractivity contribution in [2.45, 2.75) is 33.2 Å². The lowest BCUT2D eigenvalue weighted by atomic mass is 10.1. The summed E-state index contributed by atoms with van der Waals surface area (Å²) in [5.74, 6) is 1.99. The standard InChI is InChI=1S/C19H25N3O2/c1-14(2)18-12-17(15(3)24-18)19(23)22-10-8-21(9-11-22)13-16-4-6-20-7-5-16/h4-7,12,14H,8-11,13H2,1-3H3. The van der Waals surface area contributed by atoms with Crippen molar-refractivity contribution < 1.29 is 9.21 Å². The SMILES string of the molecule is Cc1oc(C(C)C)cc1C(=O)N1CCN(Cc2ccncc2)CC1. The van der Waals surface area contributed by atoms with Gasteiger partial charge >= 0.3 is 0 Å². The summed E-state index contributed by atoms with van der Waals surface area (Å²) in [5.41, 5.74) is 1.97. The Kier molecular flexibility index (Phi) is 5.00. The van der Waals surface area contributed by atoms with E-state index in [1.807, 2.05) is 42.4 Å². The maximum absolute atomic E-state index is 12.8. The highest BCUT2D eigenvalue weighted by atomic mass is 16.3. The van der Waals surface area contributed by atoms with Crippen molar-refractivity contribution in [2.75, 3.05) is 26.2 Å². The predicted octanol–water partition coefficient (Wildman–Crippen LogP) is 3.06. The molecule has 1 fully saturated rings. The predicted molar refractivity (Wildman–Crippen MR) is 93.0 cm³/mol. The van der Waals surface area contributed by atoms with E-state index in [1.54, 1.807) is 0 Å². The molecule has 1 aliphatic heterocycles. The molecule has 3 rings (SSSR count). The lowest BCUT2D eigenvalue weighted by Crippen LogP contribution is -2.48. The Balaban J connectivity index is 1.59. The highest BCUT2D eigenvalue weighted by Crippen LogP contribution is 2.23. The smallest absolute Gasteiger partial charge is 0.257 e. The molecular formula is C19H25N3O2. The van der Waals surface area contributed by atoms with Gasteiger partial charge in [0.25, 0.3) is 5.91 Å². The molecule has 5 nitrogen and oxygen atoms in total. The first-order valence-corrected chi connectivity index (χ1v) is 8.55. The van der Waals surface area contributed by atoms with Gasteiger partial charge in [0.05, 0.1) is 5.56 Å². The highest BCUT2D eigenvalue weighted by molar-refractivity contribution is 5.95. The topological polar surface area (TPSA) is 49.6 Å². The van der Waals surface area contributed by atoms with Crippen LogP contribution in [0.3, 0.4) is 0 Å². The van der Waals surface area contributed by atoms with Gasteiger partial charge < -0.3 is 9.32 Å². The van der Waals surface area contributed by atoms with Gasteiger partial charge in [-0.05, 0) is 30.7 Å². The molecule has 0 spiro atoms. The molecule has 1 amide bonds. The van der Waals surface area contributed by atoms with Crippen molar-refractivity contribution in [2.24, 2.45) is 0 Å². The van der Waals surface area contributed by atoms with Gasteiger partial charge in [0.1, 0.15) is 11.5 Å². The van der Waals surface area contributed by atoms with E-state index in [4.69, 9.17) is 4.42 Å². The fraction of sp³-hybridized carbons (Fsp3) is 0.474. The average molecular weight is 327 g/mol. The first kappa shape index (κ1) is 16.7. The van der Waals surface area contributed by atoms with Gasteiger partial charge in [-0.25, -0.2) is 0 Å². The quantitative estimate of drug-likeness (QED) is 0.866. The Morgan fingerprint density at radius 2 is 1.88 bits per heavy atom. The van der Waals surface area contributed by atoms with Crippen LogP contribution in [0, 0.1) is 6.92 Å².